The Bertz CT molecular complexity index is 698. The highest BCUT2D eigenvalue weighted by Crippen LogP contribution is 2.24. The van der Waals surface area contributed by atoms with Crippen LogP contribution in [0.5, 0.6) is 0 Å². The Morgan fingerprint density at radius 1 is 1.07 bits per heavy atom. The van der Waals surface area contributed by atoms with Crippen LogP contribution in [-0.2, 0) is 19.6 Å². The Hall–Kier alpha value is -1.45. The average molecular weight is 478 g/mol. The molecule has 2 aromatic rings. The molecule has 2 aromatic heterocycles. The molecule has 0 atom stereocenters. The van der Waals surface area contributed by atoms with Crippen LogP contribution in [0.2, 0.25) is 0 Å². The Kier molecular flexibility index (Phi) is 13.8. The number of aromatic nitrogens is 4. The number of nitrogen functional groups attached to an aromatic ring is 1. The Morgan fingerprint density at radius 3 is 2.54 bits per heavy atom. The molecule has 8 nitrogen and oxygen atoms in total. The lowest BCUT2D eigenvalue weighted by atomic mass is 10.2. The number of anilines is 1. The zero-order valence-electron chi connectivity index (χ0n) is 16.9. The van der Waals surface area contributed by atoms with Gasteiger partial charge in [0.1, 0.15) is 0 Å². The summed E-state index contributed by atoms with van der Waals surface area (Å²) in [4.78, 5) is 0. The second-order valence-electron chi connectivity index (χ2n) is 6.53. The van der Waals surface area contributed by atoms with Gasteiger partial charge in [-0.2, -0.15) is 5.10 Å². The van der Waals surface area contributed by atoms with Gasteiger partial charge in [-0.3, -0.25) is 0 Å². The molecular formula is C18H34BrClN8. The SMILES string of the molecule is CCCCCCn1ncc(/N=N/c2n(CCCN)cc[n+]2CCC)c1N.Cl.[Br-]. The summed E-state index contributed by atoms with van der Waals surface area (Å²) in [5.41, 5.74) is 12.4. The molecule has 4 N–H and O–H groups in total. The molecule has 0 aliphatic carbocycles. The summed E-state index contributed by atoms with van der Waals surface area (Å²) in [5, 5.41) is 13.2. The van der Waals surface area contributed by atoms with E-state index in [1.807, 2.05) is 17.1 Å². The minimum atomic E-state index is 0. The van der Waals surface area contributed by atoms with Gasteiger partial charge in [0.05, 0.1) is 31.7 Å². The van der Waals surface area contributed by atoms with Gasteiger partial charge in [-0.15, -0.1) is 12.4 Å². The van der Waals surface area contributed by atoms with E-state index < -0.39 is 0 Å². The maximum Gasteiger partial charge on any atom is 0.421 e. The van der Waals surface area contributed by atoms with Crippen molar-refractivity contribution in [2.75, 3.05) is 12.3 Å². The molecule has 0 radical (unpaired) electrons. The first-order valence-corrected chi connectivity index (χ1v) is 9.72. The standard InChI is InChI=1S/C18H32N8.BrH.ClH/c1-3-5-6-7-12-26-17(20)16(15-21-26)22-23-18-24(10-4-2)13-14-25(18)11-8-9-19;;/h13-15,20H,3-12,19H2,1-2H3;2*1H. The van der Waals surface area contributed by atoms with E-state index in [0.717, 1.165) is 44.8 Å². The molecule has 28 heavy (non-hydrogen) atoms. The summed E-state index contributed by atoms with van der Waals surface area (Å²) < 4.78 is 6.00. The fourth-order valence-electron chi connectivity index (χ4n) is 2.85. The molecule has 0 amide bonds. The van der Waals surface area contributed by atoms with Crippen LogP contribution in [0.15, 0.2) is 28.8 Å². The van der Waals surface area contributed by atoms with Gasteiger partial charge >= 0.3 is 5.95 Å². The van der Waals surface area contributed by atoms with Gasteiger partial charge in [-0.25, -0.2) is 13.8 Å². The van der Waals surface area contributed by atoms with E-state index in [-0.39, 0.29) is 29.4 Å². The van der Waals surface area contributed by atoms with Gasteiger partial charge in [0, 0.05) is 11.7 Å². The van der Waals surface area contributed by atoms with Crippen molar-refractivity contribution in [2.24, 2.45) is 16.0 Å². The number of unbranched alkanes of at least 4 members (excludes halogenated alkanes) is 3. The third-order valence-corrected chi connectivity index (χ3v) is 4.34. The number of nitrogens with zero attached hydrogens (tertiary/aromatic N) is 6. The number of aryl methyl sites for hydroxylation is 3. The highest BCUT2D eigenvalue weighted by molar-refractivity contribution is 5.85. The average Bonchev–Trinajstić information content (AvgIpc) is 3.19. The zero-order chi connectivity index (χ0) is 18.8. The van der Waals surface area contributed by atoms with Gasteiger partial charge in [-0.05, 0) is 25.8 Å². The molecule has 2 heterocycles. The number of hydrogen-bond donors (Lipinski definition) is 2. The normalized spacial score (nSPS) is 10.8. The van der Waals surface area contributed by atoms with E-state index in [2.05, 4.69) is 38.3 Å². The first-order chi connectivity index (χ1) is 12.7. The number of halogens is 2. The number of rotatable bonds is 12. The van der Waals surface area contributed by atoms with Gasteiger partial charge in [0.2, 0.25) is 0 Å². The predicted molar refractivity (Wildman–Crippen MR) is 111 cm³/mol. The molecule has 10 heteroatoms. The van der Waals surface area contributed by atoms with Crippen molar-refractivity contribution < 1.29 is 21.5 Å². The molecule has 0 bridgehead atoms. The summed E-state index contributed by atoms with van der Waals surface area (Å²) in [5.74, 6) is 1.39. The van der Waals surface area contributed by atoms with Crippen LogP contribution >= 0.6 is 12.4 Å². The lowest BCUT2D eigenvalue weighted by molar-refractivity contribution is -0.683. The number of nitrogens with two attached hydrogens (primary N) is 2. The summed E-state index contributed by atoms with van der Waals surface area (Å²) in [7, 11) is 0. The van der Waals surface area contributed by atoms with Gasteiger partial charge in [0.25, 0.3) is 0 Å². The van der Waals surface area contributed by atoms with Gasteiger partial charge < -0.3 is 28.4 Å². The van der Waals surface area contributed by atoms with Crippen LogP contribution < -0.4 is 33.0 Å². The van der Waals surface area contributed by atoms with Crippen molar-refractivity contribution in [3.05, 3.63) is 18.6 Å². The minimum absolute atomic E-state index is 0. The molecule has 0 aliphatic rings. The van der Waals surface area contributed by atoms with E-state index >= 15 is 0 Å². The Morgan fingerprint density at radius 2 is 1.86 bits per heavy atom. The van der Waals surface area contributed by atoms with Gasteiger partial charge in [0.15, 0.2) is 11.5 Å². The molecule has 0 aromatic carbocycles. The second-order valence-corrected chi connectivity index (χ2v) is 6.53. The summed E-state index contributed by atoms with van der Waals surface area (Å²) in [6, 6.07) is 0. The topological polar surface area (TPSA) is 103 Å². The Balaban J connectivity index is 0.00000364. The largest absolute Gasteiger partial charge is 1.00 e. The van der Waals surface area contributed by atoms with Crippen molar-refractivity contribution in [1.82, 2.24) is 14.3 Å². The number of imidazole rings is 1. The molecule has 160 valence electrons. The quantitative estimate of drug-likeness (QED) is 0.267. The summed E-state index contributed by atoms with van der Waals surface area (Å²) >= 11 is 0. The van der Waals surface area contributed by atoms with Crippen molar-refractivity contribution in [3.63, 3.8) is 0 Å². The van der Waals surface area contributed by atoms with E-state index in [1.165, 1.54) is 19.3 Å². The molecule has 0 saturated heterocycles. The molecular weight excluding hydrogens is 444 g/mol. The van der Waals surface area contributed by atoms with E-state index in [0.29, 0.717) is 18.1 Å². The van der Waals surface area contributed by atoms with E-state index in [9.17, 15) is 0 Å². The first kappa shape index (κ1) is 26.6. The zero-order valence-corrected chi connectivity index (χ0v) is 19.3. The van der Waals surface area contributed by atoms with Crippen LogP contribution in [0.1, 0.15) is 52.4 Å². The van der Waals surface area contributed by atoms with Crippen LogP contribution in [0.4, 0.5) is 17.5 Å². The van der Waals surface area contributed by atoms with Crippen molar-refractivity contribution in [2.45, 2.75) is 72.0 Å². The third-order valence-electron chi connectivity index (χ3n) is 4.34. The number of azo groups is 1. The van der Waals surface area contributed by atoms with Crippen LogP contribution in [-0.4, -0.2) is 20.9 Å². The van der Waals surface area contributed by atoms with Crippen molar-refractivity contribution in [1.29, 1.82) is 0 Å². The smallest absolute Gasteiger partial charge is 0.421 e. The summed E-state index contributed by atoms with van der Waals surface area (Å²) in [6.45, 7) is 7.55. The lowest BCUT2D eigenvalue weighted by Gasteiger charge is -2.03. The monoisotopic (exact) mass is 476 g/mol. The molecule has 0 fully saturated rings. The first-order valence-electron chi connectivity index (χ1n) is 9.72. The predicted octanol–water partition coefficient (Wildman–Crippen LogP) is 0.735. The molecule has 2 rings (SSSR count). The lowest BCUT2D eigenvalue weighted by Crippen LogP contribution is -3.00. The summed E-state index contributed by atoms with van der Waals surface area (Å²) in [6.07, 6.45) is 12.4. The minimum Gasteiger partial charge on any atom is -1.00 e. The molecule has 0 aliphatic heterocycles. The third kappa shape index (κ3) is 7.52. The van der Waals surface area contributed by atoms with Crippen LogP contribution in [0.25, 0.3) is 0 Å². The maximum absolute atomic E-state index is 6.19. The fraction of sp³-hybridized carbons (Fsp3) is 0.667. The van der Waals surface area contributed by atoms with E-state index in [4.69, 9.17) is 11.5 Å². The Labute approximate surface area is 184 Å². The van der Waals surface area contributed by atoms with Crippen LogP contribution in [0.3, 0.4) is 0 Å². The molecule has 0 unspecified atom stereocenters. The second kappa shape index (κ2) is 14.5. The number of hydrogen-bond acceptors (Lipinski definition) is 5. The van der Waals surface area contributed by atoms with Crippen LogP contribution in [0, 0.1) is 0 Å². The van der Waals surface area contributed by atoms with Crippen molar-refractivity contribution in [3.8, 4) is 0 Å². The molecule has 0 saturated carbocycles. The molecule has 0 spiro atoms. The maximum atomic E-state index is 6.19. The van der Waals surface area contributed by atoms with E-state index in [1.54, 1.807) is 6.20 Å². The fourth-order valence-corrected chi connectivity index (χ4v) is 2.85. The highest BCUT2D eigenvalue weighted by Gasteiger charge is 2.17. The van der Waals surface area contributed by atoms with Gasteiger partial charge in [-0.1, -0.05) is 38.2 Å². The highest BCUT2D eigenvalue weighted by atomic mass is 79.9. The van der Waals surface area contributed by atoms with Crippen molar-refractivity contribution >= 4 is 29.9 Å².